The number of benzene rings is 1. The number of hydrogen-bond donors (Lipinski definition) is 1. The number of hydrogen-bond acceptors (Lipinski definition) is 4. The molecule has 0 radical (unpaired) electrons. The number of aromatic nitrogens is 2. The molecule has 1 aliphatic rings. The Hall–Kier alpha value is -2.41. The van der Waals surface area contributed by atoms with Crippen molar-refractivity contribution in [2.45, 2.75) is 26.4 Å². The molecule has 0 atom stereocenters. The number of halogens is 1. The average molecular weight is 361 g/mol. The Labute approximate surface area is 152 Å². The fraction of sp³-hybridized carbons (Fsp3) is 0.474. The summed E-state index contributed by atoms with van der Waals surface area (Å²) in [6.45, 7) is 4.95. The first kappa shape index (κ1) is 18.4. The third-order valence-electron chi connectivity index (χ3n) is 4.56. The van der Waals surface area contributed by atoms with Crippen LogP contribution >= 0.6 is 0 Å². The minimum absolute atomic E-state index is 0.104. The molecule has 1 aliphatic heterocycles. The largest absolute Gasteiger partial charge is 0.484 e. The van der Waals surface area contributed by atoms with E-state index >= 15 is 0 Å². The third kappa shape index (κ3) is 4.60. The van der Waals surface area contributed by atoms with E-state index in [1.807, 2.05) is 11.8 Å². The first-order chi connectivity index (χ1) is 12.7. The van der Waals surface area contributed by atoms with Crippen molar-refractivity contribution in [3.05, 3.63) is 47.5 Å². The van der Waals surface area contributed by atoms with Gasteiger partial charge in [-0.1, -0.05) is 12.1 Å². The van der Waals surface area contributed by atoms with Crippen molar-refractivity contribution in [3.63, 3.8) is 0 Å². The number of nitrogens with one attached hydrogen (secondary N) is 1. The second-order valence-corrected chi connectivity index (χ2v) is 6.40. The van der Waals surface area contributed by atoms with E-state index in [4.69, 9.17) is 9.47 Å². The van der Waals surface area contributed by atoms with Crippen LogP contribution in [0.4, 0.5) is 4.39 Å². The summed E-state index contributed by atoms with van der Waals surface area (Å²) in [5.41, 5.74) is 0.977. The van der Waals surface area contributed by atoms with E-state index in [1.165, 1.54) is 6.07 Å². The van der Waals surface area contributed by atoms with Crippen molar-refractivity contribution >= 4 is 5.91 Å². The minimum atomic E-state index is -0.420. The number of para-hydroxylation sites is 1. The number of H-pyrrole nitrogens is 1. The van der Waals surface area contributed by atoms with Crippen LogP contribution in [-0.4, -0.2) is 47.3 Å². The van der Waals surface area contributed by atoms with Gasteiger partial charge in [-0.3, -0.25) is 9.89 Å². The first-order valence-electron chi connectivity index (χ1n) is 8.96. The molecule has 1 aromatic carbocycles. The van der Waals surface area contributed by atoms with Gasteiger partial charge in [0, 0.05) is 26.3 Å². The quantitative estimate of drug-likeness (QED) is 0.823. The molecule has 6 nitrogen and oxygen atoms in total. The molecular weight excluding hydrogens is 337 g/mol. The maximum Gasteiger partial charge on any atom is 0.274 e. The van der Waals surface area contributed by atoms with Gasteiger partial charge in [-0.2, -0.15) is 5.10 Å². The summed E-state index contributed by atoms with van der Waals surface area (Å²) in [4.78, 5) is 14.5. The van der Waals surface area contributed by atoms with Crippen molar-refractivity contribution < 1.29 is 18.7 Å². The van der Waals surface area contributed by atoms with Crippen LogP contribution in [0.25, 0.3) is 0 Å². The molecule has 140 valence electrons. The van der Waals surface area contributed by atoms with Gasteiger partial charge < -0.3 is 14.4 Å². The molecular formula is C19H24FN3O3. The summed E-state index contributed by atoms with van der Waals surface area (Å²) >= 11 is 0. The van der Waals surface area contributed by atoms with E-state index in [9.17, 15) is 9.18 Å². The highest BCUT2D eigenvalue weighted by Crippen LogP contribution is 2.19. The Morgan fingerprint density at radius 3 is 2.88 bits per heavy atom. The number of carbonyl (C=O) groups is 1. The molecule has 0 bridgehead atoms. The van der Waals surface area contributed by atoms with E-state index in [0.29, 0.717) is 30.4 Å². The standard InChI is InChI=1S/C19H24FN3O3/c1-2-23(12-14-7-9-25-10-8-14)19(24)17-11-15(21-22-17)13-26-18-6-4-3-5-16(18)20/h3-6,11,14H,2,7-10,12-13H2,1H3,(H,21,22). The van der Waals surface area contributed by atoms with Gasteiger partial charge in [-0.25, -0.2) is 4.39 Å². The monoisotopic (exact) mass is 361 g/mol. The minimum Gasteiger partial charge on any atom is -0.484 e. The predicted molar refractivity (Wildman–Crippen MR) is 94.4 cm³/mol. The molecule has 2 aromatic rings. The number of nitrogens with zero attached hydrogens (tertiary/aromatic N) is 2. The summed E-state index contributed by atoms with van der Waals surface area (Å²) in [6.07, 6.45) is 1.96. The molecule has 1 saturated heterocycles. The maximum absolute atomic E-state index is 13.6. The maximum atomic E-state index is 13.6. The van der Waals surface area contributed by atoms with E-state index in [-0.39, 0.29) is 18.3 Å². The zero-order valence-electron chi connectivity index (χ0n) is 14.9. The summed E-state index contributed by atoms with van der Waals surface area (Å²) in [7, 11) is 0. The Bertz CT molecular complexity index is 728. The fourth-order valence-corrected chi connectivity index (χ4v) is 3.02. The third-order valence-corrected chi connectivity index (χ3v) is 4.56. The molecule has 1 amide bonds. The molecule has 2 heterocycles. The molecule has 0 unspecified atom stereocenters. The number of amides is 1. The van der Waals surface area contributed by atoms with Gasteiger partial charge in [0.1, 0.15) is 6.61 Å². The molecule has 1 N–H and O–H groups in total. The predicted octanol–water partition coefficient (Wildman–Crippen LogP) is 3.02. The lowest BCUT2D eigenvalue weighted by atomic mass is 9.99. The second kappa shape index (κ2) is 8.80. The Morgan fingerprint density at radius 1 is 1.38 bits per heavy atom. The fourth-order valence-electron chi connectivity index (χ4n) is 3.02. The molecule has 0 aliphatic carbocycles. The second-order valence-electron chi connectivity index (χ2n) is 6.40. The van der Waals surface area contributed by atoms with E-state index in [2.05, 4.69) is 10.2 Å². The number of aromatic amines is 1. The Kier molecular flexibility index (Phi) is 6.22. The van der Waals surface area contributed by atoms with E-state index < -0.39 is 5.82 Å². The summed E-state index contributed by atoms with van der Waals surface area (Å²) in [6, 6.07) is 7.87. The van der Waals surface area contributed by atoms with Crippen LogP contribution in [0.5, 0.6) is 5.75 Å². The van der Waals surface area contributed by atoms with Crippen molar-refractivity contribution in [3.8, 4) is 5.75 Å². The lowest BCUT2D eigenvalue weighted by Crippen LogP contribution is -2.37. The van der Waals surface area contributed by atoms with Crippen molar-refractivity contribution in [2.75, 3.05) is 26.3 Å². The first-order valence-corrected chi connectivity index (χ1v) is 8.96. The van der Waals surface area contributed by atoms with Gasteiger partial charge in [0.25, 0.3) is 5.91 Å². The number of carbonyl (C=O) groups excluding carboxylic acids is 1. The van der Waals surface area contributed by atoms with Crippen LogP contribution in [0.1, 0.15) is 35.9 Å². The molecule has 0 saturated carbocycles. The van der Waals surface area contributed by atoms with Gasteiger partial charge in [0.15, 0.2) is 17.3 Å². The summed E-state index contributed by atoms with van der Waals surface area (Å²) < 4.78 is 24.4. The average Bonchev–Trinajstić information content (AvgIpc) is 3.15. The molecule has 26 heavy (non-hydrogen) atoms. The lowest BCUT2D eigenvalue weighted by Gasteiger charge is -2.28. The van der Waals surface area contributed by atoms with E-state index in [0.717, 1.165) is 26.1 Å². The smallest absolute Gasteiger partial charge is 0.274 e. The summed E-state index contributed by atoms with van der Waals surface area (Å²) in [5.74, 6) is 0.115. The van der Waals surface area contributed by atoms with Crippen LogP contribution in [-0.2, 0) is 11.3 Å². The normalized spacial score (nSPS) is 15.0. The van der Waals surface area contributed by atoms with Crippen LogP contribution in [0.15, 0.2) is 30.3 Å². The van der Waals surface area contributed by atoms with Gasteiger partial charge >= 0.3 is 0 Å². The lowest BCUT2D eigenvalue weighted by molar-refractivity contribution is 0.0464. The van der Waals surface area contributed by atoms with Crippen LogP contribution in [0.3, 0.4) is 0 Å². The number of ether oxygens (including phenoxy) is 2. The topological polar surface area (TPSA) is 67.4 Å². The molecule has 1 fully saturated rings. The van der Waals surface area contributed by atoms with Crippen molar-refractivity contribution in [2.24, 2.45) is 5.92 Å². The zero-order chi connectivity index (χ0) is 18.4. The van der Waals surface area contributed by atoms with Crippen LogP contribution in [0, 0.1) is 11.7 Å². The molecule has 3 rings (SSSR count). The highest BCUT2D eigenvalue weighted by molar-refractivity contribution is 5.92. The van der Waals surface area contributed by atoms with Gasteiger partial charge in [0.05, 0.1) is 5.69 Å². The highest BCUT2D eigenvalue weighted by atomic mass is 19.1. The molecule has 7 heteroatoms. The van der Waals surface area contributed by atoms with Gasteiger partial charge in [-0.05, 0) is 43.9 Å². The SMILES string of the molecule is CCN(CC1CCOCC1)C(=O)c1cc(COc2ccccc2F)[nH]n1. The Balaban J connectivity index is 1.58. The summed E-state index contributed by atoms with van der Waals surface area (Å²) in [5, 5.41) is 6.89. The van der Waals surface area contributed by atoms with Crippen molar-refractivity contribution in [1.29, 1.82) is 0 Å². The molecule has 0 spiro atoms. The molecule has 1 aromatic heterocycles. The zero-order valence-corrected chi connectivity index (χ0v) is 14.9. The van der Waals surface area contributed by atoms with Crippen LogP contribution in [0.2, 0.25) is 0 Å². The van der Waals surface area contributed by atoms with Gasteiger partial charge in [-0.15, -0.1) is 0 Å². The van der Waals surface area contributed by atoms with Crippen LogP contribution < -0.4 is 4.74 Å². The Morgan fingerprint density at radius 2 is 2.15 bits per heavy atom. The van der Waals surface area contributed by atoms with E-state index in [1.54, 1.807) is 24.3 Å². The highest BCUT2D eigenvalue weighted by Gasteiger charge is 2.22. The van der Waals surface area contributed by atoms with Crippen molar-refractivity contribution in [1.82, 2.24) is 15.1 Å². The number of rotatable bonds is 7. The van der Waals surface area contributed by atoms with Gasteiger partial charge in [0.2, 0.25) is 0 Å².